The Morgan fingerprint density at radius 2 is 1.62 bits per heavy atom. The zero-order valence-electron chi connectivity index (χ0n) is 14.3. The number of aryl methyl sites for hydroxylation is 1. The Balaban J connectivity index is 3.43. The van der Waals surface area contributed by atoms with Crippen molar-refractivity contribution in [2.75, 3.05) is 6.26 Å². The predicted octanol–water partition coefficient (Wildman–Crippen LogP) is 1.48. The molecule has 7 nitrogen and oxygen atoms in total. The van der Waals surface area contributed by atoms with Gasteiger partial charge in [0, 0.05) is 6.26 Å². The van der Waals surface area contributed by atoms with Crippen LogP contribution in [0.3, 0.4) is 0 Å². The van der Waals surface area contributed by atoms with E-state index in [4.69, 9.17) is 0 Å². The second-order valence-corrected chi connectivity index (χ2v) is 9.97. The molecule has 0 heterocycles. The van der Waals surface area contributed by atoms with Crippen molar-refractivity contribution < 1.29 is 26.7 Å². The molecule has 9 heteroatoms. The van der Waals surface area contributed by atoms with Crippen LogP contribution in [0, 0.1) is 19.8 Å². The predicted molar refractivity (Wildman–Crippen MR) is 90.2 cm³/mol. The lowest BCUT2D eigenvalue weighted by Gasteiger charge is -2.18. The van der Waals surface area contributed by atoms with Gasteiger partial charge in [0.15, 0.2) is 9.84 Å². The molecule has 0 fully saturated rings. The third-order valence-corrected chi connectivity index (χ3v) is 6.27. The van der Waals surface area contributed by atoms with Crippen molar-refractivity contribution in [1.82, 2.24) is 4.72 Å². The van der Waals surface area contributed by atoms with Gasteiger partial charge >= 0.3 is 5.97 Å². The number of nitrogens with one attached hydrogen (secondary N) is 1. The fourth-order valence-corrected chi connectivity index (χ4v) is 5.06. The van der Waals surface area contributed by atoms with Gasteiger partial charge in [0.25, 0.3) is 0 Å². The molecule has 0 radical (unpaired) electrons. The summed E-state index contributed by atoms with van der Waals surface area (Å²) in [5.41, 5.74) is 0.529. The Kier molecular flexibility index (Phi) is 6.18. The fourth-order valence-electron chi connectivity index (χ4n) is 2.38. The summed E-state index contributed by atoms with van der Waals surface area (Å²) in [7, 11) is -7.79. The molecule has 1 aromatic rings. The lowest BCUT2D eigenvalue weighted by molar-refractivity contribution is -0.139. The van der Waals surface area contributed by atoms with Crippen molar-refractivity contribution in [1.29, 1.82) is 0 Å². The van der Waals surface area contributed by atoms with Gasteiger partial charge in [-0.05, 0) is 49.4 Å². The maximum Gasteiger partial charge on any atom is 0.321 e. The maximum atomic E-state index is 12.6. The van der Waals surface area contributed by atoms with Gasteiger partial charge in [0.1, 0.15) is 6.04 Å². The van der Waals surface area contributed by atoms with Crippen LogP contribution in [-0.4, -0.2) is 40.2 Å². The number of sulfonamides is 1. The minimum atomic E-state index is -4.18. The zero-order valence-corrected chi connectivity index (χ0v) is 16.0. The highest BCUT2D eigenvalue weighted by atomic mass is 32.2. The van der Waals surface area contributed by atoms with Crippen molar-refractivity contribution in [3.8, 4) is 0 Å². The lowest BCUT2D eigenvalue weighted by Crippen LogP contribution is -2.41. The van der Waals surface area contributed by atoms with Gasteiger partial charge in [-0.25, -0.2) is 16.8 Å². The van der Waals surface area contributed by atoms with E-state index in [-0.39, 0.29) is 27.7 Å². The normalized spacial score (nSPS) is 13.9. The smallest absolute Gasteiger partial charge is 0.321 e. The monoisotopic (exact) mass is 377 g/mol. The molecule has 136 valence electrons. The molecule has 0 aliphatic carbocycles. The molecule has 2 N–H and O–H groups in total. The van der Waals surface area contributed by atoms with Gasteiger partial charge in [-0.2, -0.15) is 4.72 Å². The number of benzene rings is 1. The lowest BCUT2D eigenvalue weighted by atomic mass is 10.1. The number of rotatable bonds is 7. The number of aliphatic carboxylic acids is 1. The fraction of sp³-hybridized carbons (Fsp3) is 0.533. The van der Waals surface area contributed by atoms with Crippen LogP contribution in [0.1, 0.15) is 31.4 Å². The Labute approximate surface area is 143 Å². The number of carbonyl (C=O) groups is 1. The van der Waals surface area contributed by atoms with E-state index < -0.39 is 31.9 Å². The third kappa shape index (κ3) is 5.02. The molecule has 1 aromatic carbocycles. The first-order valence-corrected chi connectivity index (χ1v) is 10.7. The summed E-state index contributed by atoms with van der Waals surface area (Å²) in [5, 5.41) is 9.22. The number of carboxylic acid groups (broad SMARTS) is 1. The summed E-state index contributed by atoms with van der Waals surface area (Å²) < 4.78 is 51.1. The Morgan fingerprint density at radius 1 is 1.12 bits per heavy atom. The number of hydrogen-bond donors (Lipinski definition) is 2. The van der Waals surface area contributed by atoms with Crippen molar-refractivity contribution in [2.24, 2.45) is 5.92 Å². The summed E-state index contributed by atoms with van der Waals surface area (Å²) >= 11 is 0. The summed E-state index contributed by atoms with van der Waals surface area (Å²) in [6.45, 7) is 6.53. The molecule has 0 aliphatic heterocycles. The van der Waals surface area contributed by atoms with E-state index in [0.29, 0.717) is 5.56 Å². The van der Waals surface area contributed by atoms with Crippen LogP contribution in [0.25, 0.3) is 0 Å². The van der Waals surface area contributed by atoms with Gasteiger partial charge in [-0.15, -0.1) is 0 Å². The minimum absolute atomic E-state index is 0.0287. The zero-order chi connectivity index (χ0) is 18.9. The molecule has 0 aliphatic rings. The standard InChI is InChI=1S/C15H23NO6S2/c1-9(2)6-12(15(17)18)16-24(21,22)14-8-10(3)7-13(11(14)4)23(5,19)20/h7-9,12,16H,6H2,1-5H3,(H,17,18)/t12-/m1/s1. The first-order valence-electron chi connectivity index (χ1n) is 7.32. The third-order valence-electron chi connectivity index (χ3n) is 3.45. The average molecular weight is 377 g/mol. The van der Waals surface area contributed by atoms with Crippen LogP contribution < -0.4 is 4.72 Å². The highest BCUT2D eigenvalue weighted by molar-refractivity contribution is 7.91. The molecule has 1 atom stereocenters. The molecular formula is C15H23NO6S2. The summed E-state index contributed by atoms with van der Waals surface area (Å²) in [4.78, 5) is 11.0. The number of sulfone groups is 1. The second kappa shape index (κ2) is 7.20. The van der Waals surface area contributed by atoms with Crippen molar-refractivity contribution in [2.45, 2.75) is 49.9 Å². The molecular weight excluding hydrogens is 354 g/mol. The molecule has 0 unspecified atom stereocenters. The van der Waals surface area contributed by atoms with Crippen molar-refractivity contribution in [3.63, 3.8) is 0 Å². The van der Waals surface area contributed by atoms with E-state index in [1.54, 1.807) is 20.8 Å². The molecule has 0 saturated heterocycles. The molecule has 1 rings (SSSR count). The van der Waals surface area contributed by atoms with Crippen LogP contribution >= 0.6 is 0 Å². The average Bonchev–Trinajstić information content (AvgIpc) is 2.37. The molecule has 0 bridgehead atoms. The Hall–Kier alpha value is -1.45. The van der Waals surface area contributed by atoms with Crippen molar-refractivity contribution >= 4 is 25.8 Å². The van der Waals surface area contributed by atoms with E-state index in [1.165, 1.54) is 19.1 Å². The summed E-state index contributed by atoms with van der Waals surface area (Å²) in [6.07, 6.45) is 1.12. The van der Waals surface area contributed by atoms with Crippen LogP contribution in [0.5, 0.6) is 0 Å². The van der Waals surface area contributed by atoms with Crippen LogP contribution in [-0.2, 0) is 24.7 Å². The van der Waals surface area contributed by atoms with E-state index in [9.17, 15) is 26.7 Å². The molecule has 24 heavy (non-hydrogen) atoms. The Morgan fingerprint density at radius 3 is 2.04 bits per heavy atom. The quantitative estimate of drug-likeness (QED) is 0.743. The van der Waals surface area contributed by atoms with Crippen LogP contribution in [0.4, 0.5) is 0 Å². The number of hydrogen-bond acceptors (Lipinski definition) is 5. The van der Waals surface area contributed by atoms with Crippen LogP contribution in [0.2, 0.25) is 0 Å². The van der Waals surface area contributed by atoms with Gasteiger partial charge in [0.2, 0.25) is 10.0 Å². The molecule has 0 amide bonds. The van der Waals surface area contributed by atoms with Gasteiger partial charge in [-0.1, -0.05) is 13.8 Å². The van der Waals surface area contributed by atoms with E-state index in [2.05, 4.69) is 4.72 Å². The maximum absolute atomic E-state index is 12.6. The van der Waals surface area contributed by atoms with Crippen LogP contribution in [0.15, 0.2) is 21.9 Å². The highest BCUT2D eigenvalue weighted by Gasteiger charge is 2.29. The van der Waals surface area contributed by atoms with Crippen molar-refractivity contribution in [3.05, 3.63) is 23.3 Å². The molecule has 0 saturated carbocycles. The van der Waals surface area contributed by atoms with Gasteiger partial charge in [0.05, 0.1) is 9.79 Å². The molecule has 0 aromatic heterocycles. The van der Waals surface area contributed by atoms with Gasteiger partial charge < -0.3 is 5.11 Å². The Bertz CT molecular complexity index is 841. The minimum Gasteiger partial charge on any atom is -0.480 e. The second-order valence-electron chi connectivity index (χ2n) is 6.30. The topological polar surface area (TPSA) is 118 Å². The van der Waals surface area contributed by atoms with E-state index >= 15 is 0 Å². The summed E-state index contributed by atoms with van der Waals surface area (Å²) in [5.74, 6) is -1.31. The van der Waals surface area contributed by atoms with E-state index in [0.717, 1.165) is 6.26 Å². The van der Waals surface area contributed by atoms with Gasteiger partial charge in [-0.3, -0.25) is 4.79 Å². The largest absolute Gasteiger partial charge is 0.480 e. The summed E-state index contributed by atoms with van der Waals surface area (Å²) in [6, 6.07) is 1.45. The SMILES string of the molecule is Cc1cc(S(C)(=O)=O)c(C)c(S(=O)(=O)N[C@H](CC(C)C)C(=O)O)c1. The molecule has 0 spiro atoms. The first-order chi connectivity index (χ1) is 10.8. The first kappa shape index (κ1) is 20.6. The highest BCUT2D eigenvalue weighted by Crippen LogP contribution is 2.25. The number of carboxylic acids is 1. The van der Waals surface area contributed by atoms with E-state index in [1.807, 2.05) is 0 Å².